The van der Waals surface area contributed by atoms with Crippen molar-refractivity contribution in [1.82, 2.24) is 0 Å². The smallest absolute Gasteiger partial charge is 0.0954 e. The topological polar surface area (TPSA) is 67.8 Å². The minimum atomic E-state index is -0.954. The first-order chi connectivity index (χ1) is 4.12. The Morgan fingerprint density at radius 2 is 2.22 bits per heavy atom. The Labute approximate surface area is 53.9 Å². The highest BCUT2D eigenvalue weighted by Gasteiger charge is 2.42. The standard InChI is InChI=1S/C6H11NO2/c7-6(3-4-6)2-1-5(8)9/h1-4,7H2,(H,8,9). The molecule has 0 saturated heterocycles. The van der Waals surface area contributed by atoms with Gasteiger partial charge in [-0.05, 0) is 6.42 Å². The molecular weight excluding hydrogens is 118 g/mol. The van der Waals surface area contributed by atoms with Gasteiger partial charge in [0.2, 0.25) is 0 Å². The van der Waals surface area contributed by atoms with Crippen LogP contribution >= 0.6 is 0 Å². The quantitative estimate of drug-likeness (QED) is 0.493. The highest BCUT2D eigenvalue weighted by molar-refractivity contribution is 5.64. The van der Waals surface area contributed by atoms with E-state index >= 15 is 0 Å². The number of aliphatic carboxylic acids is 1. The van der Waals surface area contributed by atoms with Gasteiger partial charge in [0.1, 0.15) is 0 Å². The maximum absolute atomic E-state index is 9.93. The monoisotopic (exact) mass is 129 g/mol. The highest BCUT2D eigenvalue weighted by atomic mass is 16.4. The van der Waals surface area contributed by atoms with Gasteiger partial charge in [0.15, 0.2) is 0 Å². The van der Waals surface area contributed by atoms with Crippen LogP contribution in [-0.4, -0.2) is 11.5 Å². The van der Waals surface area contributed by atoms with E-state index in [4.69, 9.17) is 0 Å². The van der Waals surface area contributed by atoms with Crippen molar-refractivity contribution < 1.29 is 15.6 Å². The number of carboxylic acid groups (broad SMARTS) is 1. The first-order valence-corrected chi connectivity index (χ1v) is 3.18. The fourth-order valence-electron chi connectivity index (χ4n) is 0.794. The second-order valence-corrected chi connectivity index (χ2v) is 2.87. The maximum atomic E-state index is 9.93. The first kappa shape index (κ1) is 6.55. The summed E-state index contributed by atoms with van der Waals surface area (Å²) in [5.41, 5.74) is 3.97. The molecule has 3 N–H and O–H groups in total. The summed E-state index contributed by atoms with van der Waals surface area (Å²) >= 11 is 0. The zero-order valence-electron chi connectivity index (χ0n) is 5.35. The summed E-state index contributed by atoms with van der Waals surface area (Å²) < 4.78 is 0. The zero-order valence-corrected chi connectivity index (χ0v) is 5.35. The molecule has 3 heteroatoms. The summed E-state index contributed by atoms with van der Waals surface area (Å²) in [6.07, 6.45) is 3.03. The van der Waals surface area contributed by atoms with Crippen molar-refractivity contribution in [2.24, 2.45) is 0 Å². The number of carbonyl (C=O) groups excluding carboxylic acids is 1. The lowest BCUT2D eigenvalue weighted by molar-refractivity contribution is -0.440. The summed E-state index contributed by atoms with van der Waals surface area (Å²) in [6, 6.07) is 0. The molecule has 52 valence electrons. The normalized spacial score (nSPS) is 21.4. The average molecular weight is 129 g/mol. The molecule has 1 saturated carbocycles. The summed E-state index contributed by atoms with van der Waals surface area (Å²) in [5, 5.41) is 9.93. The van der Waals surface area contributed by atoms with E-state index in [-0.39, 0.29) is 12.0 Å². The van der Waals surface area contributed by atoms with Crippen LogP contribution in [0.15, 0.2) is 0 Å². The maximum Gasteiger partial charge on any atom is 0.0954 e. The van der Waals surface area contributed by atoms with Crippen LogP contribution in [0.25, 0.3) is 0 Å². The molecule has 0 aromatic rings. The van der Waals surface area contributed by atoms with Gasteiger partial charge in [-0.3, -0.25) is 0 Å². The van der Waals surface area contributed by atoms with Crippen LogP contribution in [0.5, 0.6) is 0 Å². The Balaban J connectivity index is 2.12. The predicted octanol–water partition coefficient (Wildman–Crippen LogP) is -1.71. The van der Waals surface area contributed by atoms with E-state index in [0.29, 0.717) is 6.42 Å². The van der Waals surface area contributed by atoms with E-state index in [1.165, 1.54) is 0 Å². The van der Waals surface area contributed by atoms with Gasteiger partial charge in [-0.15, -0.1) is 0 Å². The third-order valence-corrected chi connectivity index (χ3v) is 1.82. The molecule has 0 unspecified atom stereocenters. The van der Waals surface area contributed by atoms with Crippen molar-refractivity contribution in [1.29, 1.82) is 0 Å². The Bertz CT molecular complexity index is 129. The van der Waals surface area contributed by atoms with Gasteiger partial charge in [0, 0.05) is 25.2 Å². The van der Waals surface area contributed by atoms with Crippen LogP contribution < -0.4 is 10.8 Å². The molecule has 0 atom stereocenters. The third kappa shape index (κ3) is 2.01. The van der Waals surface area contributed by atoms with Gasteiger partial charge < -0.3 is 15.6 Å². The van der Waals surface area contributed by atoms with Crippen molar-refractivity contribution in [3.05, 3.63) is 0 Å². The van der Waals surface area contributed by atoms with Crippen molar-refractivity contribution in [2.75, 3.05) is 0 Å². The molecule has 1 aliphatic rings. The SMILES string of the molecule is [NH3+]C1(CCC(=O)[O-])CC1. The average Bonchev–Trinajstić information content (AvgIpc) is 2.45. The molecule has 0 aromatic heterocycles. The number of carbonyl (C=O) groups is 1. The highest BCUT2D eigenvalue weighted by Crippen LogP contribution is 2.34. The molecular formula is C6H11NO2. The van der Waals surface area contributed by atoms with Crippen LogP contribution in [0.1, 0.15) is 25.7 Å². The Morgan fingerprint density at radius 1 is 1.67 bits per heavy atom. The molecule has 0 radical (unpaired) electrons. The second-order valence-electron chi connectivity index (χ2n) is 2.87. The van der Waals surface area contributed by atoms with Gasteiger partial charge >= 0.3 is 0 Å². The van der Waals surface area contributed by atoms with Crippen LogP contribution in [-0.2, 0) is 4.79 Å². The number of hydrogen-bond acceptors (Lipinski definition) is 2. The van der Waals surface area contributed by atoms with Crippen molar-refractivity contribution in [3.63, 3.8) is 0 Å². The van der Waals surface area contributed by atoms with E-state index in [1.807, 2.05) is 0 Å². The second kappa shape index (κ2) is 1.99. The number of quaternary nitrogens is 1. The molecule has 0 bridgehead atoms. The van der Waals surface area contributed by atoms with Crippen molar-refractivity contribution in [2.45, 2.75) is 31.2 Å². The van der Waals surface area contributed by atoms with Crippen LogP contribution in [0, 0.1) is 0 Å². The Hall–Kier alpha value is -0.570. The van der Waals surface area contributed by atoms with E-state index < -0.39 is 5.97 Å². The van der Waals surface area contributed by atoms with E-state index in [9.17, 15) is 9.90 Å². The molecule has 0 aromatic carbocycles. The van der Waals surface area contributed by atoms with Gasteiger partial charge in [-0.1, -0.05) is 0 Å². The Kier molecular flexibility index (Phi) is 1.45. The van der Waals surface area contributed by atoms with E-state index in [2.05, 4.69) is 5.73 Å². The molecule has 0 heterocycles. The summed E-state index contributed by atoms with van der Waals surface area (Å²) in [5.74, 6) is -0.954. The van der Waals surface area contributed by atoms with Crippen molar-refractivity contribution in [3.8, 4) is 0 Å². The minimum Gasteiger partial charge on any atom is -0.550 e. The summed E-state index contributed by atoms with van der Waals surface area (Å²) in [6.45, 7) is 0. The summed E-state index contributed by atoms with van der Waals surface area (Å²) in [4.78, 5) is 9.93. The van der Waals surface area contributed by atoms with Gasteiger partial charge in [-0.25, -0.2) is 0 Å². The number of hydrogen-bond donors (Lipinski definition) is 1. The predicted molar refractivity (Wildman–Crippen MR) is 29.1 cm³/mol. The van der Waals surface area contributed by atoms with Crippen LogP contribution in [0.3, 0.4) is 0 Å². The largest absolute Gasteiger partial charge is 0.550 e. The minimum absolute atomic E-state index is 0.111. The van der Waals surface area contributed by atoms with Crippen LogP contribution in [0.4, 0.5) is 0 Å². The zero-order chi connectivity index (χ0) is 6.91. The molecule has 0 spiro atoms. The molecule has 0 aliphatic heterocycles. The van der Waals surface area contributed by atoms with Gasteiger partial charge in [0.25, 0.3) is 0 Å². The lowest BCUT2D eigenvalue weighted by Gasteiger charge is -2.04. The van der Waals surface area contributed by atoms with Gasteiger partial charge in [-0.2, -0.15) is 0 Å². The fourth-order valence-corrected chi connectivity index (χ4v) is 0.794. The lowest BCUT2D eigenvalue weighted by atomic mass is 10.1. The number of carboxylic acids is 1. The third-order valence-electron chi connectivity index (χ3n) is 1.82. The van der Waals surface area contributed by atoms with Crippen LogP contribution in [0.2, 0.25) is 0 Å². The lowest BCUT2D eigenvalue weighted by Crippen LogP contribution is -2.63. The summed E-state index contributed by atoms with van der Waals surface area (Å²) in [7, 11) is 0. The van der Waals surface area contributed by atoms with E-state index in [1.54, 1.807) is 0 Å². The molecule has 1 fully saturated rings. The number of rotatable bonds is 3. The molecule has 1 aliphatic carbocycles. The molecule has 1 rings (SSSR count). The van der Waals surface area contributed by atoms with Crippen molar-refractivity contribution >= 4 is 5.97 Å². The van der Waals surface area contributed by atoms with Gasteiger partial charge in [0.05, 0.1) is 5.54 Å². The first-order valence-electron chi connectivity index (χ1n) is 3.18. The molecule has 9 heavy (non-hydrogen) atoms. The Morgan fingerprint density at radius 3 is 2.56 bits per heavy atom. The molecule has 0 amide bonds. The fraction of sp³-hybridized carbons (Fsp3) is 0.833. The molecule has 3 nitrogen and oxygen atoms in total. The van der Waals surface area contributed by atoms with E-state index in [0.717, 1.165) is 12.8 Å².